The Kier molecular flexibility index (Phi) is 7.62. The van der Waals surface area contributed by atoms with Crippen LogP contribution in [0, 0.1) is 11.8 Å². The molecule has 1 saturated heterocycles. The van der Waals surface area contributed by atoms with Gasteiger partial charge in [0.1, 0.15) is 5.76 Å². The van der Waals surface area contributed by atoms with E-state index in [1.807, 2.05) is 12.1 Å². The highest BCUT2D eigenvalue weighted by Gasteiger charge is 2.35. The predicted octanol–water partition coefficient (Wildman–Crippen LogP) is 6.39. The van der Waals surface area contributed by atoms with Crippen LogP contribution < -0.4 is 5.32 Å². The predicted molar refractivity (Wildman–Crippen MR) is 138 cm³/mol. The maximum atomic E-state index is 6.25. The molecule has 0 spiro atoms. The smallest absolute Gasteiger partial charge is 0.104 e. The summed E-state index contributed by atoms with van der Waals surface area (Å²) in [5.41, 5.74) is 5.23. The molecule has 4 rings (SSSR count). The molecule has 1 heterocycles. The summed E-state index contributed by atoms with van der Waals surface area (Å²) < 4.78 is 5.89. The summed E-state index contributed by atoms with van der Waals surface area (Å²) in [7, 11) is 1.79. The molecule has 0 aromatic heterocycles. The third-order valence-electron chi connectivity index (χ3n) is 6.92. The molecule has 1 aliphatic heterocycles. The number of piperazine rings is 1. The van der Waals surface area contributed by atoms with Gasteiger partial charge in [0.2, 0.25) is 0 Å². The molecule has 33 heavy (non-hydrogen) atoms. The number of hydrogen-bond acceptors (Lipinski definition) is 3. The van der Waals surface area contributed by atoms with Gasteiger partial charge in [-0.3, -0.25) is 0 Å². The molecule has 1 aliphatic carbocycles. The minimum Gasteiger partial charge on any atom is -0.500 e. The first-order valence-electron chi connectivity index (χ1n) is 11.9. The summed E-state index contributed by atoms with van der Waals surface area (Å²) in [6.07, 6.45) is 6.83. The zero-order valence-electron chi connectivity index (χ0n) is 20.1. The molecule has 1 N–H and O–H groups in total. The molecule has 3 atom stereocenters. The van der Waals surface area contributed by atoms with E-state index in [4.69, 9.17) is 16.3 Å². The average molecular weight is 463 g/mol. The van der Waals surface area contributed by atoms with Crippen molar-refractivity contribution < 1.29 is 4.74 Å². The number of hydrogen-bond donors (Lipinski definition) is 1. The first-order valence-corrected chi connectivity index (χ1v) is 12.3. The van der Waals surface area contributed by atoms with Gasteiger partial charge in [-0.15, -0.1) is 0 Å². The Labute approximate surface area is 203 Å². The number of methoxy groups -OCH3 is 1. The third-order valence-corrected chi connectivity index (χ3v) is 7.17. The number of allylic oxidation sites excluding steroid dienone is 4. The normalized spacial score (nSPS) is 22.2. The van der Waals surface area contributed by atoms with Gasteiger partial charge in [-0.1, -0.05) is 74.0 Å². The van der Waals surface area contributed by atoms with Crippen LogP contribution in [0.2, 0.25) is 5.02 Å². The fourth-order valence-corrected chi connectivity index (χ4v) is 5.19. The van der Waals surface area contributed by atoms with Crippen molar-refractivity contribution in [2.45, 2.75) is 32.7 Å². The third kappa shape index (κ3) is 5.20. The van der Waals surface area contributed by atoms with Crippen LogP contribution in [0.1, 0.15) is 37.8 Å². The van der Waals surface area contributed by atoms with Crippen LogP contribution in [0.15, 0.2) is 89.9 Å². The Morgan fingerprint density at radius 3 is 2.36 bits per heavy atom. The molecule has 3 nitrogen and oxygen atoms in total. The second-order valence-corrected chi connectivity index (χ2v) is 9.73. The standard InChI is InChI=1S/C29H35ClN2O/c1-20(2)24-12-15-26(21(3)28(18-24)33-4)32-17-16-31-19-27(32)29(22-8-6-5-7-9-22)23-10-13-25(30)14-11-23/h5-15,18,20-21,27,29,31H,16-17,19H2,1-4H3. The zero-order chi connectivity index (χ0) is 23.4. The van der Waals surface area contributed by atoms with Gasteiger partial charge in [0.15, 0.2) is 0 Å². The number of benzene rings is 2. The minimum absolute atomic E-state index is 0.185. The summed E-state index contributed by atoms with van der Waals surface area (Å²) >= 11 is 6.25. The van der Waals surface area contributed by atoms with Crippen LogP contribution in [-0.4, -0.2) is 37.7 Å². The van der Waals surface area contributed by atoms with Gasteiger partial charge in [-0.05, 0) is 53.8 Å². The van der Waals surface area contributed by atoms with Crippen molar-refractivity contribution in [3.05, 3.63) is 106 Å². The van der Waals surface area contributed by atoms with Crippen molar-refractivity contribution in [2.75, 3.05) is 26.7 Å². The van der Waals surface area contributed by atoms with Crippen LogP contribution in [0.4, 0.5) is 0 Å². The van der Waals surface area contributed by atoms with E-state index in [9.17, 15) is 0 Å². The van der Waals surface area contributed by atoms with E-state index < -0.39 is 0 Å². The van der Waals surface area contributed by atoms with Crippen molar-refractivity contribution >= 4 is 11.6 Å². The van der Waals surface area contributed by atoms with Gasteiger partial charge in [0, 0.05) is 36.3 Å². The van der Waals surface area contributed by atoms with E-state index in [0.717, 1.165) is 30.4 Å². The molecule has 2 aromatic rings. The zero-order valence-corrected chi connectivity index (χ0v) is 20.8. The van der Waals surface area contributed by atoms with Crippen molar-refractivity contribution in [1.29, 1.82) is 0 Å². The fourth-order valence-electron chi connectivity index (χ4n) is 5.06. The van der Waals surface area contributed by atoms with Crippen molar-refractivity contribution in [3.8, 4) is 0 Å². The van der Waals surface area contributed by atoms with E-state index in [1.54, 1.807) is 7.11 Å². The molecule has 0 amide bonds. The van der Waals surface area contributed by atoms with Crippen LogP contribution in [0.5, 0.6) is 0 Å². The summed E-state index contributed by atoms with van der Waals surface area (Å²) in [5.74, 6) is 1.88. The fraction of sp³-hybridized carbons (Fsp3) is 0.379. The van der Waals surface area contributed by atoms with Crippen LogP contribution in [0.3, 0.4) is 0 Å². The minimum atomic E-state index is 0.185. The second kappa shape index (κ2) is 10.6. The molecule has 1 fully saturated rings. The number of rotatable bonds is 6. The van der Waals surface area contributed by atoms with Crippen molar-refractivity contribution in [1.82, 2.24) is 10.2 Å². The highest BCUT2D eigenvalue weighted by atomic mass is 35.5. The van der Waals surface area contributed by atoms with Crippen LogP contribution >= 0.6 is 11.6 Å². The Hall–Kier alpha value is -2.49. The highest BCUT2D eigenvalue weighted by molar-refractivity contribution is 6.30. The first-order chi connectivity index (χ1) is 16.0. The quantitative estimate of drug-likeness (QED) is 0.538. The Morgan fingerprint density at radius 2 is 1.70 bits per heavy atom. The summed E-state index contributed by atoms with van der Waals surface area (Å²) in [6, 6.07) is 19.5. The molecular formula is C29H35ClN2O. The van der Waals surface area contributed by atoms with Gasteiger partial charge in [-0.2, -0.15) is 0 Å². The number of halogens is 1. The van der Waals surface area contributed by atoms with Crippen molar-refractivity contribution in [3.63, 3.8) is 0 Å². The van der Waals surface area contributed by atoms with Gasteiger partial charge in [0.25, 0.3) is 0 Å². The van der Waals surface area contributed by atoms with Crippen molar-refractivity contribution in [2.24, 2.45) is 11.8 Å². The SMILES string of the molecule is COC1=CC(C(C)C)=CC=C(N2CCNCC2C(c2ccccc2)c2ccc(Cl)cc2)C1C. The van der Waals surface area contributed by atoms with Crippen LogP contribution in [-0.2, 0) is 4.74 Å². The molecule has 0 saturated carbocycles. The maximum absolute atomic E-state index is 6.25. The summed E-state index contributed by atoms with van der Waals surface area (Å²) in [6.45, 7) is 9.57. The molecular weight excluding hydrogens is 428 g/mol. The largest absolute Gasteiger partial charge is 0.500 e. The second-order valence-electron chi connectivity index (χ2n) is 9.29. The van der Waals surface area contributed by atoms with Gasteiger partial charge in [-0.25, -0.2) is 0 Å². The molecule has 3 unspecified atom stereocenters. The monoisotopic (exact) mass is 462 g/mol. The molecule has 4 heteroatoms. The molecule has 0 bridgehead atoms. The first kappa shape index (κ1) is 23.7. The van der Waals surface area contributed by atoms with E-state index in [2.05, 4.69) is 91.7 Å². The number of nitrogens with zero attached hydrogens (tertiary/aromatic N) is 1. The van der Waals surface area contributed by atoms with Gasteiger partial charge < -0.3 is 15.0 Å². The number of ether oxygens (including phenoxy) is 1. The molecule has 2 aliphatic rings. The summed E-state index contributed by atoms with van der Waals surface area (Å²) in [5, 5.41) is 4.43. The lowest BCUT2D eigenvalue weighted by molar-refractivity contribution is 0.163. The Balaban J connectivity index is 1.79. The molecule has 2 aromatic carbocycles. The lowest BCUT2D eigenvalue weighted by Gasteiger charge is -2.45. The van der Waals surface area contributed by atoms with Gasteiger partial charge >= 0.3 is 0 Å². The van der Waals surface area contributed by atoms with E-state index in [-0.39, 0.29) is 17.9 Å². The average Bonchev–Trinajstić information content (AvgIpc) is 3.00. The molecule has 174 valence electrons. The molecule has 0 radical (unpaired) electrons. The summed E-state index contributed by atoms with van der Waals surface area (Å²) in [4.78, 5) is 2.61. The van der Waals surface area contributed by atoms with Gasteiger partial charge in [0.05, 0.1) is 19.1 Å². The van der Waals surface area contributed by atoms with E-state index in [0.29, 0.717) is 5.92 Å². The van der Waals surface area contributed by atoms with E-state index >= 15 is 0 Å². The Bertz CT molecular complexity index is 1020. The lowest BCUT2D eigenvalue weighted by atomic mass is 9.82. The Morgan fingerprint density at radius 1 is 1.00 bits per heavy atom. The van der Waals surface area contributed by atoms with Crippen LogP contribution in [0.25, 0.3) is 0 Å². The lowest BCUT2D eigenvalue weighted by Crippen LogP contribution is -2.54. The maximum Gasteiger partial charge on any atom is 0.104 e. The highest BCUT2D eigenvalue weighted by Crippen LogP contribution is 2.37. The number of nitrogens with one attached hydrogen (secondary N) is 1. The topological polar surface area (TPSA) is 24.5 Å². The van der Waals surface area contributed by atoms with E-state index in [1.165, 1.54) is 22.4 Å².